The van der Waals surface area contributed by atoms with E-state index in [0.717, 1.165) is 42.7 Å². The van der Waals surface area contributed by atoms with Gasteiger partial charge < -0.3 is 16.4 Å². The van der Waals surface area contributed by atoms with Crippen molar-refractivity contribution in [2.75, 3.05) is 29.5 Å². The summed E-state index contributed by atoms with van der Waals surface area (Å²) >= 11 is 1.61. The fourth-order valence-corrected chi connectivity index (χ4v) is 6.07. The Morgan fingerprint density at radius 2 is 1.69 bits per heavy atom. The quantitative estimate of drug-likeness (QED) is 0.216. The highest BCUT2D eigenvalue weighted by Crippen LogP contribution is 2.29. The van der Waals surface area contributed by atoms with Crippen LogP contribution in [0.1, 0.15) is 67.7 Å². The van der Waals surface area contributed by atoms with E-state index in [1.165, 1.54) is 32.1 Å². The van der Waals surface area contributed by atoms with Crippen molar-refractivity contribution in [3.05, 3.63) is 76.0 Å². The molecule has 1 unspecified atom stereocenters. The summed E-state index contributed by atoms with van der Waals surface area (Å²) in [4.78, 5) is 15.6. The highest BCUT2D eigenvalue weighted by molar-refractivity contribution is 7.08. The summed E-state index contributed by atoms with van der Waals surface area (Å²) in [5.74, 6) is -0.0457. The van der Waals surface area contributed by atoms with E-state index in [9.17, 15) is 4.79 Å². The van der Waals surface area contributed by atoms with Gasteiger partial charge in [-0.15, -0.1) is 0 Å². The third-order valence-electron chi connectivity index (χ3n) is 7.35. The predicted molar refractivity (Wildman–Crippen MR) is 150 cm³/mol. The molecule has 0 bridgehead atoms. The standard InChI is InChI=1S/C29H35N5OS/c30-26-13-12-24(33-29(35)28(21-14-17-36-19-21)34-15-4-5-16-34)18-25(26)27(31)20-8-10-23(11-9-20)32-22-6-2-1-3-7-22/h8-14,17-19,22,28,31-32H,1-7,15-16,30H2,(H,33,35). The fraction of sp³-hybridized carbons (Fsp3) is 0.379. The summed E-state index contributed by atoms with van der Waals surface area (Å²) in [5.41, 5.74) is 11.3. The number of hydrogen-bond donors (Lipinski definition) is 4. The van der Waals surface area contributed by atoms with Crippen molar-refractivity contribution in [2.24, 2.45) is 0 Å². The van der Waals surface area contributed by atoms with Crippen LogP contribution in [0.3, 0.4) is 0 Å². The molecule has 36 heavy (non-hydrogen) atoms. The molecule has 7 heteroatoms. The zero-order valence-corrected chi connectivity index (χ0v) is 21.4. The van der Waals surface area contributed by atoms with Crippen LogP contribution in [0.25, 0.3) is 0 Å². The van der Waals surface area contributed by atoms with Crippen LogP contribution in [0.5, 0.6) is 0 Å². The van der Waals surface area contributed by atoms with Crippen molar-refractivity contribution >= 4 is 40.0 Å². The van der Waals surface area contributed by atoms with Crippen molar-refractivity contribution in [1.29, 1.82) is 5.41 Å². The Bertz CT molecular complexity index is 1180. The van der Waals surface area contributed by atoms with E-state index in [4.69, 9.17) is 11.1 Å². The van der Waals surface area contributed by atoms with Gasteiger partial charge in [0.15, 0.2) is 0 Å². The molecule has 188 valence electrons. The van der Waals surface area contributed by atoms with Gasteiger partial charge in [-0.2, -0.15) is 11.3 Å². The van der Waals surface area contributed by atoms with Crippen LogP contribution in [0.4, 0.5) is 17.1 Å². The largest absolute Gasteiger partial charge is 0.398 e. The van der Waals surface area contributed by atoms with Crippen LogP contribution < -0.4 is 16.4 Å². The smallest absolute Gasteiger partial charge is 0.246 e. The molecule has 5 N–H and O–H groups in total. The van der Waals surface area contributed by atoms with Crippen molar-refractivity contribution in [1.82, 2.24) is 4.90 Å². The maximum absolute atomic E-state index is 13.4. The lowest BCUT2D eigenvalue weighted by Gasteiger charge is -2.26. The molecule has 1 aliphatic heterocycles. The van der Waals surface area contributed by atoms with Crippen LogP contribution in [0.15, 0.2) is 59.3 Å². The number of thiophene rings is 1. The van der Waals surface area contributed by atoms with Gasteiger partial charge in [-0.25, -0.2) is 0 Å². The molecule has 1 aliphatic carbocycles. The monoisotopic (exact) mass is 501 g/mol. The fourth-order valence-electron chi connectivity index (χ4n) is 5.39. The number of benzene rings is 2. The molecule has 3 aromatic rings. The number of likely N-dealkylation sites (tertiary alicyclic amines) is 1. The number of nitrogens with zero attached hydrogens (tertiary/aromatic N) is 1. The summed E-state index contributed by atoms with van der Waals surface area (Å²) in [6.45, 7) is 1.86. The molecule has 2 aliphatic rings. The number of carbonyl (C=O) groups is 1. The molecule has 2 aromatic carbocycles. The Morgan fingerprint density at radius 3 is 2.39 bits per heavy atom. The van der Waals surface area contributed by atoms with E-state index in [2.05, 4.69) is 20.9 Å². The average molecular weight is 502 g/mol. The second-order valence-corrected chi connectivity index (χ2v) is 10.7. The molecular formula is C29H35N5OS. The maximum Gasteiger partial charge on any atom is 0.246 e. The van der Waals surface area contributed by atoms with E-state index >= 15 is 0 Å². The number of rotatable bonds is 8. The number of carbonyl (C=O) groups excluding carboxylic acids is 1. The van der Waals surface area contributed by atoms with Crippen molar-refractivity contribution in [3.63, 3.8) is 0 Å². The van der Waals surface area contributed by atoms with Crippen LogP contribution in [0.2, 0.25) is 0 Å². The molecule has 6 nitrogen and oxygen atoms in total. The second-order valence-electron chi connectivity index (χ2n) is 9.93. The van der Waals surface area contributed by atoms with E-state index in [0.29, 0.717) is 28.7 Å². The maximum atomic E-state index is 13.4. The van der Waals surface area contributed by atoms with Gasteiger partial charge in [0.25, 0.3) is 0 Å². The predicted octanol–water partition coefficient (Wildman–Crippen LogP) is 6.27. The third-order valence-corrected chi connectivity index (χ3v) is 8.05. The lowest BCUT2D eigenvalue weighted by Crippen LogP contribution is -2.35. The molecule has 1 saturated carbocycles. The van der Waals surface area contributed by atoms with E-state index < -0.39 is 0 Å². The molecule has 0 radical (unpaired) electrons. The Balaban J connectivity index is 1.30. The molecule has 0 spiro atoms. The Labute approximate surface area is 217 Å². The van der Waals surface area contributed by atoms with Gasteiger partial charge in [-0.1, -0.05) is 31.4 Å². The summed E-state index contributed by atoms with van der Waals surface area (Å²) in [7, 11) is 0. The molecule has 2 fully saturated rings. The highest BCUT2D eigenvalue weighted by atomic mass is 32.1. The van der Waals surface area contributed by atoms with E-state index in [-0.39, 0.29) is 11.9 Å². The zero-order valence-electron chi connectivity index (χ0n) is 20.6. The van der Waals surface area contributed by atoms with E-state index in [1.54, 1.807) is 17.4 Å². The van der Waals surface area contributed by atoms with Crippen molar-refractivity contribution in [2.45, 2.75) is 57.0 Å². The molecular weight excluding hydrogens is 466 g/mol. The number of anilines is 3. The second kappa shape index (κ2) is 11.3. The van der Waals surface area contributed by atoms with Crippen molar-refractivity contribution in [3.8, 4) is 0 Å². The SMILES string of the molecule is N=C(c1ccc(NC2CCCCC2)cc1)c1cc(NC(=O)C(c2ccsc2)N2CCCC2)ccc1N. The average Bonchev–Trinajstić information content (AvgIpc) is 3.62. The topological polar surface area (TPSA) is 94.2 Å². The first-order valence-corrected chi connectivity index (χ1v) is 14.0. The summed E-state index contributed by atoms with van der Waals surface area (Å²) in [6, 6.07) is 15.7. The van der Waals surface area contributed by atoms with Crippen LogP contribution in [-0.4, -0.2) is 35.7 Å². The van der Waals surface area contributed by atoms with E-state index in [1.807, 2.05) is 47.8 Å². The van der Waals surface area contributed by atoms with Gasteiger partial charge in [-0.05, 0) is 91.5 Å². The molecule has 1 amide bonds. The van der Waals surface area contributed by atoms with Gasteiger partial charge in [-0.3, -0.25) is 15.1 Å². The lowest BCUT2D eigenvalue weighted by molar-refractivity contribution is -0.121. The molecule has 1 atom stereocenters. The minimum atomic E-state index is -0.302. The van der Waals surface area contributed by atoms with Gasteiger partial charge in [0.05, 0.1) is 5.71 Å². The number of nitrogen functional groups attached to an aromatic ring is 1. The minimum absolute atomic E-state index is 0.0457. The first-order chi connectivity index (χ1) is 17.6. The third kappa shape index (κ3) is 5.63. The molecule has 5 rings (SSSR count). The zero-order chi connectivity index (χ0) is 24.9. The molecule has 2 heterocycles. The van der Waals surface area contributed by atoms with Crippen molar-refractivity contribution < 1.29 is 4.79 Å². The Hall–Kier alpha value is -3.16. The number of nitrogens with two attached hydrogens (primary N) is 1. The first kappa shape index (κ1) is 24.5. The van der Waals surface area contributed by atoms with Crippen LogP contribution in [0, 0.1) is 5.41 Å². The van der Waals surface area contributed by atoms with Gasteiger partial charge in [0.1, 0.15) is 6.04 Å². The normalized spacial score (nSPS) is 17.6. The summed E-state index contributed by atoms with van der Waals surface area (Å²) in [6.07, 6.45) is 8.59. The van der Waals surface area contributed by atoms with Crippen LogP contribution >= 0.6 is 11.3 Å². The first-order valence-electron chi connectivity index (χ1n) is 13.0. The van der Waals surface area contributed by atoms with Gasteiger partial charge in [0.2, 0.25) is 5.91 Å². The number of amides is 1. The Kier molecular flexibility index (Phi) is 7.68. The van der Waals surface area contributed by atoms with Crippen LogP contribution in [-0.2, 0) is 4.79 Å². The molecule has 1 saturated heterocycles. The number of hydrogen-bond acceptors (Lipinski definition) is 6. The molecule has 1 aromatic heterocycles. The minimum Gasteiger partial charge on any atom is -0.398 e. The number of nitrogens with one attached hydrogen (secondary N) is 3. The summed E-state index contributed by atoms with van der Waals surface area (Å²) < 4.78 is 0. The summed E-state index contributed by atoms with van der Waals surface area (Å²) in [5, 5.41) is 19.6. The lowest BCUT2D eigenvalue weighted by atomic mass is 9.95. The van der Waals surface area contributed by atoms with Gasteiger partial charge in [0, 0.05) is 34.2 Å². The van der Waals surface area contributed by atoms with Gasteiger partial charge >= 0.3 is 0 Å². The Morgan fingerprint density at radius 1 is 0.972 bits per heavy atom. The highest BCUT2D eigenvalue weighted by Gasteiger charge is 2.30.